The van der Waals surface area contributed by atoms with Gasteiger partial charge in [0.15, 0.2) is 0 Å². The molecular formula is C38H50N6. The van der Waals surface area contributed by atoms with E-state index >= 15 is 0 Å². The fraction of sp³-hybridized carbons (Fsp3) is 0.474. The van der Waals surface area contributed by atoms with E-state index in [4.69, 9.17) is 4.98 Å². The van der Waals surface area contributed by atoms with Gasteiger partial charge in [0.25, 0.3) is 0 Å². The fourth-order valence-corrected chi connectivity index (χ4v) is 7.62. The maximum atomic E-state index is 5.08. The second-order valence-electron chi connectivity index (χ2n) is 13.2. The highest BCUT2D eigenvalue weighted by molar-refractivity contribution is 5.89. The number of pyridine rings is 1. The summed E-state index contributed by atoms with van der Waals surface area (Å²) in [6.45, 7) is 17.4. The number of hydrogen-bond acceptors (Lipinski definition) is 5. The van der Waals surface area contributed by atoms with E-state index in [-0.39, 0.29) is 12.1 Å². The van der Waals surface area contributed by atoms with Crippen LogP contribution in [-0.4, -0.2) is 50.5 Å². The summed E-state index contributed by atoms with van der Waals surface area (Å²) in [7, 11) is 2.08. The number of fused-ring (bicyclic) bond motifs is 2. The highest BCUT2D eigenvalue weighted by atomic mass is 15.3. The molecule has 1 saturated heterocycles. The third-order valence-corrected chi connectivity index (χ3v) is 9.99. The molecule has 6 heteroatoms. The molecule has 6 rings (SSSR count). The van der Waals surface area contributed by atoms with Crippen LogP contribution in [0.25, 0.3) is 11.6 Å². The van der Waals surface area contributed by atoms with Crippen LogP contribution in [0.3, 0.4) is 0 Å². The highest BCUT2D eigenvalue weighted by Gasteiger charge is 2.35. The Morgan fingerprint density at radius 2 is 1.86 bits per heavy atom. The van der Waals surface area contributed by atoms with Crippen molar-refractivity contribution in [3.05, 3.63) is 107 Å². The number of imidazole rings is 1. The van der Waals surface area contributed by atoms with E-state index in [1.54, 1.807) is 0 Å². The van der Waals surface area contributed by atoms with E-state index in [9.17, 15) is 0 Å². The molecule has 0 radical (unpaired) electrons. The lowest BCUT2D eigenvalue weighted by Gasteiger charge is -2.42. The van der Waals surface area contributed by atoms with E-state index in [0.717, 1.165) is 68.4 Å². The quantitative estimate of drug-likeness (QED) is 0.261. The molecule has 2 aromatic heterocycles. The van der Waals surface area contributed by atoms with Gasteiger partial charge in [-0.3, -0.25) is 9.88 Å². The van der Waals surface area contributed by atoms with Crippen molar-refractivity contribution < 1.29 is 0 Å². The Labute approximate surface area is 264 Å². The summed E-state index contributed by atoms with van der Waals surface area (Å²) in [4.78, 5) is 14.8. The van der Waals surface area contributed by atoms with Gasteiger partial charge in [-0.2, -0.15) is 0 Å². The minimum atomic E-state index is -0.0890. The van der Waals surface area contributed by atoms with Gasteiger partial charge in [-0.1, -0.05) is 88.4 Å². The molecule has 3 aromatic rings. The van der Waals surface area contributed by atoms with Crippen molar-refractivity contribution in [3.8, 4) is 0 Å². The van der Waals surface area contributed by atoms with E-state index in [0.29, 0.717) is 0 Å². The van der Waals surface area contributed by atoms with Gasteiger partial charge in [0.1, 0.15) is 0 Å². The van der Waals surface area contributed by atoms with Crippen molar-refractivity contribution in [3.63, 3.8) is 0 Å². The monoisotopic (exact) mass is 590 g/mol. The number of nitrogens with one attached hydrogen (secondary N) is 1. The molecule has 1 aromatic carbocycles. The maximum absolute atomic E-state index is 5.08. The normalized spacial score (nSPS) is 19.8. The Morgan fingerprint density at radius 1 is 1.07 bits per heavy atom. The Hall–Kier alpha value is -3.64. The molecule has 1 unspecified atom stereocenters. The number of aryl methyl sites for hydroxylation is 2. The van der Waals surface area contributed by atoms with Gasteiger partial charge in [-0.25, -0.2) is 4.98 Å². The van der Waals surface area contributed by atoms with E-state index < -0.39 is 0 Å². The van der Waals surface area contributed by atoms with Gasteiger partial charge < -0.3 is 14.8 Å². The third kappa shape index (κ3) is 6.41. The minimum absolute atomic E-state index is 0.0790. The molecule has 6 nitrogen and oxygen atoms in total. The molecule has 232 valence electrons. The zero-order valence-electron chi connectivity index (χ0n) is 27.1. The first-order valence-electron chi connectivity index (χ1n) is 16.8. The number of aromatic nitrogens is 3. The zero-order chi connectivity index (χ0) is 30.6. The van der Waals surface area contributed by atoms with Crippen LogP contribution in [0.15, 0.2) is 73.6 Å². The van der Waals surface area contributed by atoms with E-state index in [1.165, 1.54) is 65.6 Å². The van der Waals surface area contributed by atoms with Gasteiger partial charge in [-0.05, 0) is 60.1 Å². The predicted octanol–water partition coefficient (Wildman–Crippen LogP) is 7.81. The summed E-state index contributed by atoms with van der Waals surface area (Å²) in [6, 6.07) is 11.3. The smallest absolute Gasteiger partial charge is 0.0946 e. The first-order chi connectivity index (χ1) is 21.4. The lowest BCUT2D eigenvalue weighted by molar-refractivity contribution is 0.124. The average Bonchev–Trinajstić information content (AvgIpc) is 3.40. The number of nitrogens with zero attached hydrogens (tertiary/aromatic N) is 5. The molecule has 2 fully saturated rings. The second kappa shape index (κ2) is 13.6. The van der Waals surface area contributed by atoms with Crippen molar-refractivity contribution in [2.24, 2.45) is 13.0 Å². The topological polar surface area (TPSA) is 49.2 Å². The lowest BCUT2D eigenvalue weighted by Crippen LogP contribution is -2.47. The van der Waals surface area contributed by atoms with Gasteiger partial charge >= 0.3 is 0 Å². The minimum Gasteiger partial charge on any atom is -0.377 e. The third-order valence-electron chi connectivity index (χ3n) is 9.99. The van der Waals surface area contributed by atoms with Crippen LogP contribution in [0, 0.1) is 12.8 Å². The average molecular weight is 591 g/mol. The summed E-state index contributed by atoms with van der Waals surface area (Å²) in [5, 5.41) is 3.82. The summed E-state index contributed by atoms with van der Waals surface area (Å²) >= 11 is 0. The maximum Gasteiger partial charge on any atom is 0.0946 e. The van der Waals surface area contributed by atoms with Gasteiger partial charge in [0, 0.05) is 50.8 Å². The SMILES string of the molecule is C=C(CCC)NC(C1=Cc2cccnc2[C@@H](N2CCN(C(=C)CC3CCCCC3)CC2)c2ccc(C)cc21)c1cncn1C. The van der Waals surface area contributed by atoms with Crippen LogP contribution in [0.1, 0.15) is 104 Å². The summed E-state index contributed by atoms with van der Waals surface area (Å²) in [6.07, 6.45) is 18.3. The molecule has 2 aliphatic carbocycles. The Balaban J connectivity index is 1.35. The summed E-state index contributed by atoms with van der Waals surface area (Å²) < 4.78 is 2.12. The molecule has 0 bridgehead atoms. The molecule has 0 amide bonds. The molecule has 0 spiro atoms. The summed E-state index contributed by atoms with van der Waals surface area (Å²) in [5.74, 6) is 0.821. The molecule has 44 heavy (non-hydrogen) atoms. The zero-order valence-corrected chi connectivity index (χ0v) is 27.1. The van der Waals surface area contributed by atoms with Crippen molar-refractivity contribution in [1.82, 2.24) is 29.7 Å². The van der Waals surface area contributed by atoms with E-state index in [2.05, 4.69) is 95.1 Å². The number of benzene rings is 1. The molecule has 1 aliphatic heterocycles. The number of allylic oxidation sites excluding steroid dienone is 2. The van der Waals surface area contributed by atoms with Crippen LogP contribution in [0.4, 0.5) is 0 Å². The summed E-state index contributed by atoms with van der Waals surface area (Å²) in [5.41, 5.74) is 10.9. The fourth-order valence-electron chi connectivity index (χ4n) is 7.62. The predicted molar refractivity (Wildman–Crippen MR) is 182 cm³/mol. The molecule has 3 aliphatic rings. The standard InChI is InChI=1S/C38H50N6/c1-6-11-28(3)41-37(35-25-39-26-42(35)5)34-24-31-14-10-17-40-36(31)38(32-16-15-27(2)22-33(32)34)44-20-18-43(19-21-44)29(4)23-30-12-8-7-9-13-30/h10,14-17,22,24-26,30,37-38,41H,3-4,6-9,11-13,18-21,23H2,1-2,5H3/t37?,38-/m0/s1. The van der Waals surface area contributed by atoms with E-state index in [1.807, 2.05) is 18.7 Å². The Kier molecular flexibility index (Phi) is 9.36. The van der Waals surface area contributed by atoms with Gasteiger partial charge in [0.05, 0.1) is 36.0 Å². The van der Waals surface area contributed by atoms with Crippen LogP contribution in [0.5, 0.6) is 0 Å². The largest absolute Gasteiger partial charge is 0.377 e. The molecule has 2 atom stereocenters. The first-order valence-corrected chi connectivity index (χ1v) is 16.8. The Bertz CT molecular complexity index is 1500. The molecule has 1 saturated carbocycles. The highest BCUT2D eigenvalue weighted by Crippen LogP contribution is 2.44. The first kappa shape index (κ1) is 30.4. The van der Waals surface area contributed by atoms with Crippen LogP contribution < -0.4 is 5.32 Å². The van der Waals surface area contributed by atoms with Crippen molar-refractivity contribution in [2.75, 3.05) is 26.2 Å². The van der Waals surface area contributed by atoms with Crippen molar-refractivity contribution in [1.29, 1.82) is 0 Å². The lowest BCUT2D eigenvalue weighted by atomic mass is 9.86. The van der Waals surface area contributed by atoms with Crippen LogP contribution >= 0.6 is 0 Å². The number of hydrogen-bond donors (Lipinski definition) is 1. The van der Waals surface area contributed by atoms with Gasteiger partial charge in [0.2, 0.25) is 0 Å². The number of piperazine rings is 1. The molecule has 3 heterocycles. The van der Waals surface area contributed by atoms with Gasteiger partial charge in [-0.15, -0.1) is 0 Å². The van der Waals surface area contributed by atoms with Crippen molar-refractivity contribution in [2.45, 2.75) is 77.3 Å². The molecule has 1 N–H and O–H groups in total. The molecular weight excluding hydrogens is 540 g/mol. The Morgan fingerprint density at radius 3 is 2.59 bits per heavy atom. The van der Waals surface area contributed by atoms with Crippen molar-refractivity contribution >= 4 is 11.6 Å². The van der Waals surface area contributed by atoms with Crippen LogP contribution in [0.2, 0.25) is 0 Å². The second-order valence-corrected chi connectivity index (χ2v) is 13.2. The van der Waals surface area contributed by atoms with Crippen LogP contribution in [-0.2, 0) is 7.05 Å². The number of rotatable bonds is 10.